The van der Waals surface area contributed by atoms with Crippen molar-refractivity contribution in [3.8, 4) is 5.75 Å². The molecule has 1 saturated heterocycles. The van der Waals surface area contributed by atoms with Gasteiger partial charge < -0.3 is 9.72 Å². The number of tetrazole rings is 1. The molecule has 1 aliphatic heterocycles. The van der Waals surface area contributed by atoms with E-state index in [1.54, 1.807) is 0 Å². The van der Waals surface area contributed by atoms with Gasteiger partial charge in [0.15, 0.2) is 5.82 Å². The lowest BCUT2D eigenvalue weighted by Crippen LogP contribution is -2.52. The van der Waals surface area contributed by atoms with Crippen LogP contribution in [0.4, 0.5) is 0 Å². The number of ether oxygens (including phenoxy) is 1. The summed E-state index contributed by atoms with van der Waals surface area (Å²) >= 11 is 0. The highest BCUT2D eigenvalue weighted by atomic mass is 16.5. The van der Waals surface area contributed by atoms with E-state index in [2.05, 4.69) is 51.1 Å². The Morgan fingerprint density at radius 3 is 2.53 bits per heavy atom. The highest BCUT2D eigenvalue weighted by molar-refractivity contribution is 5.80. The Bertz CT molecular complexity index is 1230. The Morgan fingerprint density at radius 2 is 1.83 bits per heavy atom. The molecule has 0 radical (unpaired) electrons. The number of H-pyrrole nitrogens is 1. The van der Waals surface area contributed by atoms with Crippen molar-refractivity contribution in [3.63, 3.8) is 0 Å². The third-order valence-corrected chi connectivity index (χ3v) is 7.63. The van der Waals surface area contributed by atoms with Crippen molar-refractivity contribution in [2.45, 2.75) is 77.4 Å². The molecule has 0 spiro atoms. The predicted octanol–water partition coefficient (Wildman–Crippen LogP) is 3.71. The molecular formula is C27H39N7O2. The van der Waals surface area contributed by atoms with E-state index in [-0.39, 0.29) is 17.1 Å². The number of nitrogens with zero attached hydrogens (tertiary/aromatic N) is 6. The molecule has 3 aromatic rings. The number of fused-ring (bicyclic) bond motifs is 1. The number of nitrogens with one attached hydrogen (secondary N) is 1. The van der Waals surface area contributed by atoms with E-state index in [4.69, 9.17) is 4.74 Å². The van der Waals surface area contributed by atoms with Crippen molar-refractivity contribution in [1.82, 2.24) is 35.0 Å². The minimum atomic E-state index is -0.336. The van der Waals surface area contributed by atoms with Crippen LogP contribution >= 0.6 is 0 Å². The first-order valence-electron chi connectivity index (χ1n) is 13.4. The molecule has 1 saturated carbocycles. The van der Waals surface area contributed by atoms with Gasteiger partial charge >= 0.3 is 0 Å². The van der Waals surface area contributed by atoms with Crippen molar-refractivity contribution < 1.29 is 4.74 Å². The molecule has 0 amide bonds. The second-order valence-corrected chi connectivity index (χ2v) is 11.1. The monoisotopic (exact) mass is 493 g/mol. The van der Waals surface area contributed by atoms with Crippen LogP contribution in [0.1, 0.15) is 77.2 Å². The topological polar surface area (TPSA) is 92.2 Å². The summed E-state index contributed by atoms with van der Waals surface area (Å²) in [6.07, 6.45) is 6.65. The number of aromatic nitrogens is 5. The van der Waals surface area contributed by atoms with E-state index in [1.807, 2.05) is 35.9 Å². The molecule has 9 nitrogen and oxygen atoms in total. The number of hydrogen-bond acceptors (Lipinski definition) is 7. The summed E-state index contributed by atoms with van der Waals surface area (Å²) in [5.74, 6) is 1.50. The van der Waals surface area contributed by atoms with Crippen LogP contribution in [-0.2, 0) is 5.54 Å². The average Bonchev–Trinajstić information content (AvgIpc) is 3.36. The second-order valence-electron chi connectivity index (χ2n) is 11.1. The Morgan fingerprint density at radius 1 is 1.08 bits per heavy atom. The summed E-state index contributed by atoms with van der Waals surface area (Å²) in [4.78, 5) is 21.6. The van der Waals surface area contributed by atoms with Crippen LogP contribution in [0.15, 0.2) is 29.1 Å². The van der Waals surface area contributed by atoms with Crippen molar-refractivity contribution in [3.05, 3.63) is 46.0 Å². The first-order chi connectivity index (χ1) is 17.3. The number of benzene rings is 1. The van der Waals surface area contributed by atoms with Crippen molar-refractivity contribution in [2.75, 3.05) is 32.8 Å². The van der Waals surface area contributed by atoms with Crippen LogP contribution < -0.4 is 10.3 Å². The predicted molar refractivity (Wildman–Crippen MR) is 140 cm³/mol. The maximum absolute atomic E-state index is 13.5. The number of pyridine rings is 1. The maximum Gasteiger partial charge on any atom is 0.253 e. The Kier molecular flexibility index (Phi) is 7.12. The molecule has 194 valence electrons. The maximum atomic E-state index is 13.5. The highest BCUT2D eigenvalue weighted by Gasteiger charge is 2.36. The lowest BCUT2D eigenvalue weighted by molar-refractivity contribution is 0.0606. The van der Waals surface area contributed by atoms with Crippen molar-refractivity contribution in [2.24, 2.45) is 0 Å². The molecule has 5 rings (SSSR count). The fraction of sp³-hybridized carbons (Fsp3) is 0.630. The Hall–Kier alpha value is -2.78. The Balaban J connectivity index is 1.53. The molecule has 0 bridgehead atoms. The van der Waals surface area contributed by atoms with Crippen LogP contribution in [0.5, 0.6) is 5.75 Å². The molecule has 1 atom stereocenters. The summed E-state index contributed by atoms with van der Waals surface area (Å²) in [5.41, 5.74) is 1.05. The zero-order valence-electron chi connectivity index (χ0n) is 22.0. The molecule has 9 heteroatoms. The van der Waals surface area contributed by atoms with Crippen LogP contribution in [0.2, 0.25) is 0 Å². The van der Waals surface area contributed by atoms with Crippen molar-refractivity contribution >= 4 is 10.9 Å². The molecule has 2 aromatic heterocycles. The molecular weight excluding hydrogens is 454 g/mol. The van der Waals surface area contributed by atoms with Crippen LogP contribution in [0.25, 0.3) is 10.9 Å². The molecule has 36 heavy (non-hydrogen) atoms. The first-order valence-corrected chi connectivity index (χ1v) is 13.4. The molecule has 1 N–H and O–H groups in total. The third kappa shape index (κ3) is 5.04. The number of hydrogen-bond donors (Lipinski definition) is 1. The third-order valence-electron chi connectivity index (χ3n) is 7.63. The van der Waals surface area contributed by atoms with Gasteiger partial charge in [-0.15, -0.1) is 5.10 Å². The fourth-order valence-corrected chi connectivity index (χ4v) is 5.81. The standard InChI is InChI=1S/C27H39N7O2/c1-5-36-21-11-12-23-19(17-21)18-22(26(35)28-23)24(25-29-30-31-34(25)27(2,3)4)33-15-13-32(14-16-33)20-9-7-6-8-10-20/h11-12,17-18,20,24H,5-10,13-16H2,1-4H3,(H,28,35). The zero-order chi connectivity index (χ0) is 25.3. The quantitative estimate of drug-likeness (QED) is 0.560. The van der Waals surface area contributed by atoms with Gasteiger partial charge in [-0.25, -0.2) is 4.68 Å². The smallest absolute Gasteiger partial charge is 0.253 e. The van der Waals surface area contributed by atoms with E-state index in [0.717, 1.165) is 42.8 Å². The van der Waals surface area contributed by atoms with E-state index in [1.165, 1.54) is 32.1 Å². The molecule has 3 heterocycles. The summed E-state index contributed by atoms with van der Waals surface area (Å²) in [6, 6.07) is 8.14. The molecule has 1 aromatic carbocycles. The highest BCUT2D eigenvalue weighted by Crippen LogP contribution is 2.32. The van der Waals surface area contributed by atoms with Gasteiger partial charge in [-0.1, -0.05) is 19.3 Å². The summed E-state index contributed by atoms with van der Waals surface area (Å²) < 4.78 is 7.59. The SMILES string of the molecule is CCOc1ccc2[nH]c(=O)c(C(c3nnnn3C(C)(C)C)N3CCN(C4CCCCC4)CC3)cc2c1. The number of rotatable bonds is 6. The lowest BCUT2D eigenvalue weighted by Gasteiger charge is -2.43. The largest absolute Gasteiger partial charge is 0.494 e. The minimum absolute atomic E-state index is 0.102. The fourth-order valence-electron chi connectivity index (χ4n) is 5.81. The minimum Gasteiger partial charge on any atom is -0.494 e. The van der Waals surface area contributed by atoms with Crippen molar-refractivity contribution in [1.29, 1.82) is 0 Å². The molecule has 2 fully saturated rings. The van der Waals surface area contributed by atoms with Gasteiger partial charge in [0.05, 0.1) is 12.1 Å². The van der Waals surface area contributed by atoms with Crippen LogP contribution in [0.3, 0.4) is 0 Å². The second kappa shape index (κ2) is 10.3. The van der Waals surface area contributed by atoms with Crippen LogP contribution in [-0.4, -0.2) is 73.8 Å². The lowest BCUT2D eigenvalue weighted by atomic mass is 9.93. The Labute approximate surface area is 212 Å². The van der Waals surface area contributed by atoms with Gasteiger partial charge in [0.2, 0.25) is 0 Å². The van der Waals surface area contributed by atoms with Crippen LogP contribution in [0, 0.1) is 0 Å². The zero-order valence-corrected chi connectivity index (χ0v) is 22.0. The normalized spacial score (nSPS) is 19.6. The first kappa shape index (κ1) is 24.9. The van der Waals surface area contributed by atoms with Gasteiger partial charge in [0, 0.05) is 48.7 Å². The van der Waals surface area contributed by atoms with Gasteiger partial charge in [-0.3, -0.25) is 14.6 Å². The van der Waals surface area contributed by atoms with E-state index in [9.17, 15) is 4.79 Å². The van der Waals surface area contributed by atoms with Gasteiger partial charge in [0.1, 0.15) is 11.8 Å². The summed E-state index contributed by atoms with van der Waals surface area (Å²) in [7, 11) is 0. The summed E-state index contributed by atoms with van der Waals surface area (Å²) in [5, 5.41) is 13.8. The number of piperazine rings is 1. The van der Waals surface area contributed by atoms with E-state index < -0.39 is 0 Å². The molecule has 1 unspecified atom stereocenters. The molecule has 2 aliphatic rings. The number of aromatic amines is 1. The van der Waals surface area contributed by atoms with E-state index >= 15 is 0 Å². The van der Waals surface area contributed by atoms with Gasteiger partial charge in [0.25, 0.3) is 5.56 Å². The summed E-state index contributed by atoms with van der Waals surface area (Å²) in [6.45, 7) is 12.6. The molecule has 1 aliphatic carbocycles. The van der Waals surface area contributed by atoms with Gasteiger partial charge in [-0.2, -0.15) is 0 Å². The van der Waals surface area contributed by atoms with Gasteiger partial charge in [-0.05, 0) is 75.2 Å². The average molecular weight is 494 g/mol. The van der Waals surface area contributed by atoms with E-state index in [0.29, 0.717) is 24.0 Å².